The van der Waals surface area contributed by atoms with E-state index in [2.05, 4.69) is 34.7 Å². The lowest BCUT2D eigenvalue weighted by atomic mass is 10.1. The second kappa shape index (κ2) is 6.59. The Hall–Kier alpha value is -1.07. The number of rotatable bonds is 3. The van der Waals surface area contributed by atoms with Gasteiger partial charge in [0.25, 0.3) is 5.91 Å². The lowest BCUT2D eigenvalue weighted by molar-refractivity contribution is 0.0577. The van der Waals surface area contributed by atoms with Crippen LogP contribution in [-0.4, -0.2) is 53.0 Å². The Morgan fingerprint density at radius 1 is 1.35 bits per heavy atom. The van der Waals surface area contributed by atoms with Crippen molar-refractivity contribution in [1.29, 1.82) is 0 Å². The van der Waals surface area contributed by atoms with Crippen LogP contribution >= 0.6 is 15.9 Å². The maximum absolute atomic E-state index is 12.4. The van der Waals surface area contributed by atoms with Crippen LogP contribution in [0.25, 0.3) is 0 Å². The maximum atomic E-state index is 12.4. The summed E-state index contributed by atoms with van der Waals surface area (Å²) in [4.78, 5) is 16.6. The number of hydrogen-bond donors (Lipinski definition) is 1. The highest BCUT2D eigenvalue weighted by Crippen LogP contribution is 2.24. The van der Waals surface area contributed by atoms with Crippen LogP contribution in [0.2, 0.25) is 0 Å². The smallest absolute Gasteiger partial charge is 0.257 e. The molecule has 1 unspecified atom stereocenters. The van der Waals surface area contributed by atoms with Gasteiger partial charge in [-0.3, -0.25) is 9.69 Å². The molecule has 0 saturated carbocycles. The van der Waals surface area contributed by atoms with Crippen molar-refractivity contribution in [3.8, 4) is 5.75 Å². The van der Waals surface area contributed by atoms with E-state index in [1.54, 1.807) is 18.2 Å². The quantitative estimate of drug-likeness (QED) is 0.919. The van der Waals surface area contributed by atoms with Gasteiger partial charge in [-0.25, -0.2) is 0 Å². The van der Waals surface area contributed by atoms with Crippen molar-refractivity contribution in [2.24, 2.45) is 0 Å². The molecule has 1 amide bonds. The molecule has 110 valence electrons. The summed E-state index contributed by atoms with van der Waals surface area (Å²) in [7, 11) is 0. The fourth-order valence-electron chi connectivity index (χ4n) is 2.48. The summed E-state index contributed by atoms with van der Waals surface area (Å²) >= 11 is 3.28. The molecule has 1 heterocycles. The predicted molar refractivity (Wildman–Crippen MR) is 83.0 cm³/mol. The molecule has 1 fully saturated rings. The molecule has 5 heteroatoms. The molecule has 0 spiro atoms. The molecule has 1 aliphatic heterocycles. The monoisotopic (exact) mass is 340 g/mol. The van der Waals surface area contributed by atoms with Crippen LogP contribution in [0.15, 0.2) is 22.7 Å². The van der Waals surface area contributed by atoms with Crippen molar-refractivity contribution >= 4 is 21.8 Å². The van der Waals surface area contributed by atoms with Gasteiger partial charge >= 0.3 is 0 Å². The number of hydrogen-bond acceptors (Lipinski definition) is 3. The van der Waals surface area contributed by atoms with E-state index in [0.29, 0.717) is 11.6 Å². The van der Waals surface area contributed by atoms with Gasteiger partial charge in [0.1, 0.15) is 5.75 Å². The highest BCUT2D eigenvalue weighted by atomic mass is 79.9. The van der Waals surface area contributed by atoms with Crippen LogP contribution in [0.3, 0.4) is 0 Å². The molecule has 0 aromatic heterocycles. The number of amides is 1. The van der Waals surface area contributed by atoms with Crippen LogP contribution in [0, 0.1) is 0 Å². The lowest BCUT2D eigenvalue weighted by Crippen LogP contribution is -2.51. The second-order valence-corrected chi connectivity index (χ2v) is 6.16. The molecular formula is C15H21BrN2O2. The summed E-state index contributed by atoms with van der Waals surface area (Å²) in [6, 6.07) is 5.57. The van der Waals surface area contributed by atoms with Gasteiger partial charge in [0, 0.05) is 36.7 Å². The standard InChI is InChI=1S/C15H21BrN2O2/c1-3-11(2)17-6-8-18(9-7-17)15(20)13-5-4-12(16)10-14(13)19/h4-5,10-11,19H,3,6-9H2,1-2H3. The Bertz CT molecular complexity index is 485. The van der Waals surface area contributed by atoms with Crippen molar-refractivity contribution in [1.82, 2.24) is 9.80 Å². The average molecular weight is 341 g/mol. The van der Waals surface area contributed by atoms with Crippen LogP contribution in [0.1, 0.15) is 30.6 Å². The van der Waals surface area contributed by atoms with Gasteiger partial charge in [0.05, 0.1) is 5.56 Å². The first-order valence-corrected chi connectivity index (χ1v) is 7.84. The van der Waals surface area contributed by atoms with E-state index in [0.717, 1.165) is 37.1 Å². The van der Waals surface area contributed by atoms with Crippen molar-refractivity contribution in [3.63, 3.8) is 0 Å². The van der Waals surface area contributed by atoms with Gasteiger partial charge in [-0.1, -0.05) is 22.9 Å². The Kier molecular flexibility index (Phi) is 5.05. The van der Waals surface area contributed by atoms with E-state index >= 15 is 0 Å². The fourth-order valence-corrected chi connectivity index (χ4v) is 2.83. The lowest BCUT2D eigenvalue weighted by Gasteiger charge is -2.37. The molecule has 1 aromatic rings. The van der Waals surface area contributed by atoms with Gasteiger partial charge in [-0.15, -0.1) is 0 Å². The third-order valence-electron chi connectivity index (χ3n) is 4.01. The van der Waals surface area contributed by atoms with E-state index in [1.807, 2.05) is 4.90 Å². The molecule has 1 atom stereocenters. The highest BCUT2D eigenvalue weighted by molar-refractivity contribution is 9.10. The van der Waals surface area contributed by atoms with Gasteiger partial charge in [0.2, 0.25) is 0 Å². The number of nitrogens with zero attached hydrogens (tertiary/aromatic N) is 2. The minimum atomic E-state index is -0.0844. The average Bonchev–Trinajstić information content (AvgIpc) is 2.46. The number of halogens is 1. The molecule has 0 radical (unpaired) electrons. The largest absolute Gasteiger partial charge is 0.507 e. The summed E-state index contributed by atoms with van der Waals surface area (Å²) in [5.41, 5.74) is 0.380. The van der Waals surface area contributed by atoms with E-state index in [4.69, 9.17) is 0 Å². The number of phenolic OH excluding ortho intramolecular Hbond substituents is 1. The molecule has 1 aliphatic rings. The second-order valence-electron chi connectivity index (χ2n) is 5.25. The normalized spacial score (nSPS) is 18.1. The van der Waals surface area contributed by atoms with Crippen LogP contribution in [0.4, 0.5) is 0 Å². The maximum Gasteiger partial charge on any atom is 0.257 e. The van der Waals surface area contributed by atoms with E-state index in [9.17, 15) is 9.90 Å². The van der Waals surface area contributed by atoms with Gasteiger partial charge in [-0.2, -0.15) is 0 Å². The molecule has 1 aromatic carbocycles. The molecular weight excluding hydrogens is 320 g/mol. The third kappa shape index (κ3) is 3.33. The van der Waals surface area contributed by atoms with Crippen molar-refractivity contribution in [3.05, 3.63) is 28.2 Å². The molecule has 2 rings (SSSR count). The summed E-state index contributed by atoms with van der Waals surface area (Å²) in [6.45, 7) is 7.65. The van der Waals surface area contributed by atoms with E-state index in [-0.39, 0.29) is 11.7 Å². The number of aromatic hydroxyl groups is 1. The molecule has 0 aliphatic carbocycles. The summed E-state index contributed by atoms with van der Waals surface area (Å²) in [5.74, 6) is -0.0486. The minimum Gasteiger partial charge on any atom is -0.507 e. The van der Waals surface area contributed by atoms with Gasteiger partial charge in [0.15, 0.2) is 0 Å². The fraction of sp³-hybridized carbons (Fsp3) is 0.533. The Balaban J connectivity index is 2.01. The summed E-state index contributed by atoms with van der Waals surface area (Å²) in [5, 5.41) is 9.88. The Morgan fingerprint density at radius 3 is 2.55 bits per heavy atom. The van der Waals surface area contributed by atoms with Crippen LogP contribution < -0.4 is 0 Å². The first kappa shape index (κ1) is 15.3. The SMILES string of the molecule is CCC(C)N1CCN(C(=O)c2ccc(Br)cc2O)CC1. The Labute approximate surface area is 128 Å². The molecule has 20 heavy (non-hydrogen) atoms. The number of carbonyl (C=O) groups excluding carboxylic acids is 1. The zero-order valence-electron chi connectivity index (χ0n) is 12.0. The topological polar surface area (TPSA) is 43.8 Å². The van der Waals surface area contributed by atoms with Crippen molar-refractivity contribution < 1.29 is 9.90 Å². The van der Waals surface area contributed by atoms with E-state index in [1.165, 1.54) is 0 Å². The number of piperazine rings is 1. The zero-order chi connectivity index (χ0) is 14.7. The van der Waals surface area contributed by atoms with E-state index < -0.39 is 0 Å². The first-order valence-electron chi connectivity index (χ1n) is 7.04. The molecule has 1 N–H and O–H groups in total. The molecule has 4 nitrogen and oxygen atoms in total. The minimum absolute atomic E-state index is 0.0359. The summed E-state index contributed by atoms with van der Waals surface area (Å²) < 4.78 is 0.771. The van der Waals surface area contributed by atoms with Gasteiger partial charge in [-0.05, 0) is 31.5 Å². The summed E-state index contributed by atoms with van der Waals surface area (Å²) in [6.07, 6.45) is 1.13. The van der Waals surface area contributed by atoms with Crippen LogP contribution in [0.5, 0.6) is 5.75 Å². The molecule has 0 bridgehead atoms. The number of benzene rings is 1. The molecule has 1 saturated heterocycles. The predicted octanol–water partition coefficient (Wildman–Crippen LogP) is 2.71. The van der Waals surface area contributed by atoms with Crippen molar-refractivity contribution in [2.75, 3.05) is 26.2 Å². The highest BCUT2D eigenvalue weighted by Gasteiger charge is 2.25. The van der Waals surface area contributed by atoms with Crippen LogP contribution in [-0.2, 0) is 0 Å². The van der Waals surface area contributed by atoms with Crippen molar-refractivity contribution in [2.45, 2.75) is 26.3 Å². The number of carbonyl (C=O) groups is 1. The van der Waals surface area contributed by atoms with Gasteiger partial charge < -0.3 is 10.0 Å². The third-order valence-corrected chi connectivity index (χ3v) is 4.50. The first-order chi connectivity index (χ1) is 9.52. The number of phenols is 1. The Morgan fingerprint density at radius 2 is 2.00 bits per heavy atom. The zero-order valence-corrected chi connectivity index (χ0v) is 13.6.